The Morgan fingerprint density at radius 3 is 2.05 bits per heavy atom. The Morgan fingerprint density at radius 1 is 1.05 bits per heavy atom. The number of hydrogen-bond acceptors (Lipinski definition) is 5. The van der Waals surface area contributed by atoms with Crippen molar-refractivity contribution in [2.75, 3.05) is 0 Å². The van der Waals surface area contributed by atoms with Crippen molar-refractivity contribution in [1.29, 1.82) is 10.5 Å². The van der Waals surface area contributed by atoms with Crippen molar-refractivity contribution in [1.82, 2.24) is 0 Å². The molecule has 1 aromatic rings. The van der Waals surface area contributed by atoms with E-state index in [0.29, 0.717) is 0 Å². The van der Waals surface area contributed by atoms with Gasteiger partial charge >= 0.3 is 6.18 Å². The zero-order valence-corrected chi connectivity index (χ0v) is 11.8. The standard InChI is InChI=1S/C14H9F3N4S/c15-14(16,17)8-3-1-2-7(4-8)11-9(5-18)12(20)22-13(21)10(11)6-19/h1-4,11H,20-21H2. The van der Waals surface area contributed by atoms with Crippen molar-refractivity contribution >= 4 is 11.8 Å². The van der Waals surface area contributed by atoms with Gasteiger partial charge in [0.05, 0.1) is 44.8 Å². The van der Waals surface area contributed by atoms with Gasteiger partial charge in [0, 0.05) is 0 Å². The average Bonchev–Trinajstić information content (AvgIpc) is 2.46. The Hall–Kier alpha value is -2.58. The van der Waals surface area contributed by atoms with Crippen LogP contribution in [0.2, 0.25) is 0 Å². The summed E-state index contributed by atoms with van der Waals surface area (Å²) in [6.45, 7) is 0. The molecule has 0 spiro atoms. The molecular formula is C14H9F3N4S. The average molecular weight is 322 g/mol. The molecule has 0 amide bonds. The molecule has 0 unspecified atom stereocenters. The Morgan fingerprint density at radius 2 is 1.59 bits per heavy atom. The fraction of sp³-hybridized carbons (Fsp3) is 0.143. The molecule has 22 heavy (non-hydrogen) atoms. The van der Waals surface area contributed by atoms with Crippen LogP contribution in [0.15, 0.2) is 45.5 Å². The van der Waals surface area contributed by atoms with Gasteiger partial charge in [-0.3, -0.25) is 0 Å². The van der Waals surface area contributed by atoms with Crippen molar-refractivity contribution in [3.63, 3.8) is 0 Å². The molecule has 1 aliphatic heterocycles. The zero-order chi connectivity index (χ0) is 16.5. The first-order valence-corrected chi connectivity index (χ1v) is 6.75. The van der Waals surface area contributed by atoms with Crippen LogP contribution in [0.5, 0.6) is 0 Å². The van der Waals surface area contributed by atoms with E-state index in [1.165, 1.54) is 12.1 Å². The van der Waals surface area contributed by atoms with E-state index >= 15 is 0 Å². The smallest absolute Gasteiger partial charge is 0.392 e. The highest BCUT2D eigenvalue weighted by molar-refractivity contribution is 8.06. The monoisotopic (exact) mass is 322 g/mol. The summed E-state index contributed by atoms with van der Waals surface area (Å²) < 4.78 is 38.5. The van der Waals surface area contributed by atoms with Crippen molar-refractivity contribution in [3.05, 3.63) is 56.6 Å². The molecule has 2 rings (SSSR count). The Bertz CT molecular complexity index is 730. The third-order valence-electron chi connectivity index (χ3n) is 3.12. The summed E-state index contributed by atoms with van der Waals surface area (Å²) >= 11 is 0.862. The van der Waals surface area contributed by atoms with E-state index in [0.717, 1.165) is 23.9 Å². The minimum Gasteiger partial charge on any atom is -0.392 e. The fourth-order valence-corrected chi connectivity index (χ4v) is 2.91. The molecule has 4 N–H and O–H groups in total. The molecule has 1 aliphatic rings. The van der Waals surface area contributed by atoms with Crippen molar-refractivity contribution < 1.29 is 13.2 Å². The second kappa shape index (κ2) is 5.66. The molecule has 0 fully saturated rings. The second-order valence-corrected chi connectivity index (χ2v) is 5.52. The topological polar surface area (TPSA) is 99.6 Å². The van der Waals surface area contributed by atoms with Crippen LogP contribution in [0.3, 0.4) is 0 Å². The molecular weight excluding hydrogens is 313 g/mol. The van der Waals surface area contributed by atoms with E-state index in [1.807, 2.05) is 12.1 Å². The van der Waals surface area contributed by atoms with Gasteiger partial charge in [0.15, 0.2) is 0 Å². The number of nitrogens with two attached hydrogens (primary N) is 2. The van der Waals surface area contributed by atoms with Gasteiger partial charge < -0.3 is 11.5 Å². The predicted molar refractivity (Wildman–Crippen MR) is 75.4 cm³/mol. The van der Waals surface area contributed by atoms with E-state index in [9.17, 15) is 23.7 Å². The molecule has 112 valence electrons. The summed E-state index contributed by atoms with van der Waals surface area (Å²) in [4.78, 5) is 0. The zero-order valence-electron chi connectivity index (χ0n) is 11.0. The normalized spacial score (nSPS) is 16.4. The number of nitriles is 2. The number of allylic oxidation sites excluding steroid dienone is 2. The summed E-state index contributed by atoms with van der Waals surface area (Å²) in [7, 11) is 0. The number of halogens is 3. The molecule has 0 aliphatic carbocycles. The van der Waals surface area contributed by atoms with Crippen LogP contribution >= 0.6 is 11.8 Å². The lowest BCUT2D eigenvalue weighted by molar-refractivity contribution is -0.137. The van der Waals surface area contributed by atoms with Crippen LogP contribution < -0.4 is 11.5 Å². The first kappa shape index (κ1) is 15.8. The van der Waals surface area contributed by atoms with Gasteiger partial charge in [0.1, 0.15) is 0 Å². The summed E-state index contributed by atoms with van der Waals surface area (Å²) in [5.74, 6) is -0.987. The fourth-order valence-electron chi connectivity index (χ4n) is 2.12. The Kier molecular flexibility index (Phi) is 4.07. The largest absolute Gasteiger partial charge is 0.416 e. The molecule has 0 bridgehead atoms. The minimum absolute atomic E-state index is 0.0232. The number of benzene rings is 1. The van der Waals surface area contributed by atoms with E-state index in [2.05, 4.69) is 0 Å². The Balaban J connectivity index is 2.65. The molecule has 4 nitrogen and oxygen atoms in total. The SMILES string of the molecule is N#CC1=C(N)SC(N)=C(C#N)C1c1cccc(C(F)(F)F)c1. The van der Waals surface area contributed by atoms with Crippen LogP contribution in [0.1, 0.15) is 17.0 Å². The van der Waals surface area contributed by atoms with E-state index in [1.54, 1.807) is 0 Å². The highest BCUT2D eigenvalue weighted by Crippen LogP contribution is 2.43. The van der Waals surface area contributed by atoms with Crippen LogP contribution in [-0.4, -0.2) is 0 Å². The first-order valence-electron chi connectivity index (χ1n) is 5.94. The lowest BCUT2D eigenvalue weighted by Gasteiger charge is -2.24. The minimum atomic E-state index is -4.52. The molecule has 1 aromatic carbocycles. The maximum atomic E-state index is 12.8. The lowest BCUT2D eigenvalue weighted by atomic mass is 9.85. The van der Waals surface area contributed by atoms with Gasteiger partial charge in [0.25, 0.3) is 0 Å². The quantitative estimate of drug-likeness (QED) is 0.828. The summed E-state index contributed by atoms with van der Waals surface area (Å²) in [5, 5.41) is 18.6. The molecule has 0 radical (unpaired) electrons. The maximum absolute atomic E-state index is 12.8. The summed E-state index contributed by atoms with van der Waals surface area (Å²) in [5.41, 5.74) is 10.8. The summed E-state index contributed by atoms with van der Waals surface area (Å²) in [6.07, 6.45) is -4.52. The lowest BCUT2D eigenvalue weighted by Crippen LogP contribution is -2.18. The molecule has 8 heteroatoms. The molecule has 1 heterocycles. The van der Waals surface area contributed by atoms with Gasteiger partial charge in [-0.25, -0.2) is 0 Å². The van der Waals surface area contributed by atoms with Gasteiger partial charge in [-0.1, -0.05) is 30.0 Å². The highest BCUT2D eigenvalue weighted by Gasteiger charge is 2.34. The summed E-state index contributed by atoms with van der Waals surface area (Å²) in [6, 6.07) is 8.16. The van der Waals surface area contributed by atoms with E-state index in [-0.39, 0.29) is 26.8 Å². The van der Waals surface area contributed by atoms with Gasteiger partial charge in [-0.2, -0.15) is 23.7 Å². The van der Waals surface area contributed by atoms with E-state index in [4.69, 9.17) is 11.5 Å². The third-order valence-corrected chi connectivity index (χ3v) is 4.00. The van der Waals surface area contributed by atoms with Crippen LogP contribution in [0.25, 0.3) is 0 Å². The molecule has 0 atom stereocenters. The third kappa shape index (κ3) is 2.74. The van der Waals surface area contributed by atoms with Crippen LogP contribution in [0, 0.1) is 22.7 Å². The number of hydrogen-bond donors (Lipinski definition) is 2. The van der Waals surface area contributed by atoms with Gasteiger partial charge in [-0.15, -0.1) is 0 Å². The number of rotatable bonds is 1. The van der Waals surface area contributed by atoms with Crippen molar-refractivity contribution in [3.8, 4) is 12.1 Å². The second-order valence-electron chi connectivity index (χ2n) is 4.44. The van der Waals surface area contributed by atoms with Gasteiger partial charge in [0.2, 0.25) is 0 Å². The molecule has 0 aromatic heterocycles. The van der Waals surface area contributed by atoms with Crippen molar-refractivity contribution in [2.45, 2.75) is 12.1 Å². The van der Waals surface area contributed by atoms with Gasteiger partial charge in [-0.05, 0) is 11.6 Å². The van der Waals surface area contributed by atoms with Crippen LogP contribution in [0.4, 0.5) is 13.2 Å². The Labute approximate surface area is 128 Å². The molecule has 0 saturated carbocycles. The number of nitrogens with zero attached hydrogens (tertiary/aromatic N) is 2. The predicted octanol–water partition coefficient (Wildman–Crippen LogP) is 2.92. The number of alkyl halides is 3. The van der Waals surface area contributed by atoms with E-state index < -0.39 is 17.7 Å². The highest BCUT2D eigenvalue weighted by atomic mass is 32.2. The maximum Gasteiger partial charge on any atom is 0.416 e. The first-order chi connectivity index (χ1) is 10.3. The number of thioether (sulfide) groups is 1. The molecule has 0 saturated heterocycles. The van der Waals surface area contributed by atoms with Crippen LogP contribution in [-0.2, 0) is 6.18 Å². The van der Waals surface area contributed by atoms with Crippen molar-refractivity contribution in [2.24, 2.45) is 11.5 Å².